The van der Waals surface area contributed by atoms with Crippen LogP contribution in [0.3, 0.4) is 0 Å². The van der Waals surface area contributed by atoms with Gasteiger partial charge in [-0.1, -0.05) is 23.7 Å². The zero-order valence-electron chi connectivity index (χ0n) is 20.6. The van der Waals surface area contributed by atoms with Crippen LogP contribution in [0.25, 0.3) is 10.9 Å². The molecular formula is C29H33ClN4O2. The number of piperidine rings is 2. The van der Waals surface area contributed by atoms with Gasteiger partial charge in [-0.15, -0.1) is 0 Å². The highest BCUT2D eigenvalue weighted by atomic mass is 35.5. The molecule has 0 spiro atoms. The molecule has 188 valence electrons. The number of hydrogen-bond acceptors (Lipinski definition) is 5. The van der Waals surface area contributed by atoms with Crippen molar-refractivity contribution in [3.63, 3.8) is 0 Å². The van der Waals surface area contributed by atoms with E-state index in [1.165, 1.54) is 24.1 Å². The minimum Gasteiger partial charge on any atom is -0.372 e. The van der Waals surface area contributed by atoms with E-state index < -0.39 is 0 Å². The Morgan fingerprint density at radius 1 is 0.917 bits per heavy atom. The summed E-state index contributed by atoms with van der Waals surface area (Å²) in [5.74, 6) is 1.28. The van der Waals surface area contributed by atoms with Crippen LogP contribution >= 0.6 is 11.6 Å². The van der Waals surface area contributed by atoms with Crippen molar-refractivity contribution in [3.8, 4) is 6.07 Å². The fourth-order valence-corrected chi connectivity index (χ4v) is 6.46. The lowest BCUT2D eigenvalue weighted by atomic mass is 9.88. The summed E-state index contributed by atoms with van der Waals surface area (Å²) in [6, 6.07) is 15.6. The molecule has 3 aliphatic heterocycles. The number of benzene rings is 2. The standard InChI is InChI=1S/C29H33ClN4O2/c30-25-5-6-26(29-28(25)23(18-31)19-32-29)34-13-9-22(10-14-34)21-1-3-24(4-2-21)33-11-7-20(8-12-33)17-27-35-15-16-36-27/h1-6,19-20,22,27,32H,7-17H2. The Morgan fingerprint density at radius 3 is 2.31 bits per heavy atom. The zero-order chi connectivity index (χ0) is 24.5. The fraction of sp³-hybridized carbons (Fsp3) is 0.483. The molecule has 2 aromatic carbocycles. The third-order valence-electron chi connectivity index (χ3n) is 8.28. The summed E-state index contributed by atoms with van der Waals surface area (Å²) in [5, 5.41) is 10.9. The number of H-pyrrole nitrogens is 1. The van der Waals surface area contributed by atoms with Crippen LogP contribution in [0.1, 0.15) is 49.1 Å². The van der Waals surface area contributed by atoms with Gasteiger partial charge in [-0.25, -0.2) is 0 Å². The first kappa shape index (κ1) is 23.7. The normalized spacial score (nSPS) is 20.3. The maximum absolute atomic E-state index is 9.42. The third-order valence-corrected chi connectivity index (χ3v) is 8.59. The van der Waals surface area contributed by atoms with Gasteiger partial charge in [-0.05, 0) is 67.3 Å². The van der Waals surface area contributed by atoms with Crippen LogP contribution in [0.5, 0.6) is 0 Å². The van der Waals surface area contributed by atoms with Crippen LogP contribution in [0.4, 0.5) is 11.4 Å². The first-order valence-electron chi connectivity index (χ1n) is 13.2. The maximum atomic E-state index is 9.42. The van der Waals surface area contributed by atoms with Gasteiger partial charge < -0.3 is 24.3 Å². The highest BCUT2D eigenvalue weighted by Gasteiger charge is 2.26. The van der Waals surface area contributed by atoms with Crippen molar-refractivity contribution in [2.75, 3.05) is 49.2 Å². The van der Waals surface area contributed by atoms with Gasteiger partial charge in [-0.3, -0.25) is 0 Å². The number of aromatic amines is 1. The molecule has 4 heterocycles. The molecule has 0 aliphatic carbocycles. The van der Waals surface area contributed by atoms with Gasteiger partial charge in [0.05, 0.1) is 35.0 Å². The van der Waals surface area contributed by atoms with Gasteiger partial charge in [0, 0.05) is 49.9 Å². The quantitative estimate of drug-likeness (QED) is 0.457. The minimum atomic E-state index is 0.0239. The largest absolute Gasteiger partial charge is 0.372 e. The van der Waals surface area contributed by atoms with Crippen molar-refractivity contribution in [2.45, 2.75) is 44.3 Å². The van der Waals surface area contributed by atoms with Gasteiger partial charge in [0.2, 0.25) is 0 Å². The molecule has 3 fully saturated rings. The number of nitrogens with zero attached hydrogens (tertiary/aromatic N) is 3. The predicted octanol–water partition coefficient (Wildman–Crippen LogP) is 6.06. The number of fused-ring (bicyclic) bond motifs is 1. The van der Waals surface area contributed by atoms with Crippen LogP contribution in [0.15, 0.2) is 42.6 Å². The Labute approximate surface area is 217 Å². The van der Waals surface area contributed by atoms with Crippen LogP contribution in [-0.2, 0) is 9.47 Å². The van der Waals surface area contributed by atoms with Gasteiger partial charge in [0.15, 0.2) is 6.29 Å². The maximum Gasteiger partial charge on any atom is 0.158 e. The Kier molecular flexibility index (Phi) is 6.79. The van der Waals surface area contributed by atoms with Crippen molar-refractivity contribution >= 4 is 33.9 Å². The van der Waals surface area contributed by atoms with E-state index in [-0.39, 0.29) is 6.29 Å². The first-order chi connectivity index (χ1) is 17.7. The molecule has 1 N–H and O–H groups in total. The highest BCUT2D eigenvalue weighted by Crippen LogP contribution is 2.37. The second-order valence-corrected chi connectivity index (χ2v) is 10.7. The third kappa shape index (κ3) is 4.68. The van der Waals surface area contributed by atoms with E-state index in [0.29, 0.717) is 22.4 Å². The Morgan fingerprint density at radius 2 is 1.61 bits per heavy atom. The Bertz CT molecular complexity index is 1230. The van der Waals surface area contributed by atoms with Crippen molar-refractivity contribution in [1.82, 2.24) is 4.98 Å². The molecule has 1 aromatic heterocycles. The molecule has 6 rings (SSSR count). The van der Waals surface area contributed by atoms with Crippen LogP contribution in [0.2, 0.25) is 5.02 Å². The molecule has 3 saturated heterocycles. The minimum absolute atomic E-state index is 0.0239. The predicted molar refractivity (Wildman–Crippen MR) is 144 cm³/mol. The van der Waals surface area contributed by atoms with Crippen LogP contribution in [-0.4, -0.2) is 50.7 Å². The van der Waals surface area contributed by atoms with Crippen molar-refractivity contribution in [2.24, 2.45) is 5.92 Å². The number of halogens is 1. The van der Waals surface area contributed by atoms with Gasteiger partial charge in [0.1, 0.15) is 6.07 Å². The number of hydrogen-bond donors (Lipinski definition) is 1. The summed E-state index contributed by atoms with van der Waals surface area (Å²) in [4.78, 5) is 8.23. The number of nitriles is 1. The molecular weight excluding hydrogens is 472 g/mol. The molecule has 0 atom stereocenters. The topological polar surface area (TPSA) is 64.5 Å². The summed E-state index contributed by atoms with van der Waals surface area (Å²) in [6.07, 6.45) is 7.47. The molecule has 36 heavy (non-hydrogen) atoms. The van der Waals surface area contributed by atoms with Gasteiger partial charge in [-0.2, -0.15) is 5.26 Å². The summed E-state index contributed by atoms with van der Waals surface area (Å²) in [6.45, 7) is 5.69. The smallest absolute Gasteiger partial charge is 0.158 e. The van der Waals surface area contributed by atoms with E-state index >= 15 is 0 Å². The fourth-order valence-electron chi connectivity index (χ4n) is 6.20. The lowest BCUT2D eigenvalue weighted by molar-refractivity contribution is -0.0586. The number of aromatic nitrogens is 1. The van der Waals surface area contributed by atoms with E-state index in [1.54, 1.807) is 6.20 Å². The lowest BCUT2D eigenvalue weighted by Gasteiger charge is -2.35. The molecule has 6 nitrogen and oxygen atoms in total. The number of anilines is 2. The van der Waals surface area contributed by atoms with Crippen LogP contribution < -0.4 is 9.80 Å². The highest BCUT2D eigenvalue weighted by molar-refractivity contribution is 6.36. The van der Waals surface area contributed by atoms with E-state index in [1.807, 2.05) is 6.07 Å². The number of rotatable bonds is 5. The SMILES string of the molecule is N#Cc1c[nH]c2c(N3CCC(c4ccc(N5CCC(CC6OCCO6)CC5)cc4)CC3)ccc(Cl)c12. The summed E-state index contributed by atoms with van der Waals surface area (Å²) < 4.78 is 11.3. The Balaban J connectivity index is 1.05. The molecule has 0 radical (unpaired) electrons. The average molecular weight is 505 g/mol. The average Bonchev–Trinajstić information content (AvgIpc) is 3.60. The van der Waals surface area contributed by atoms with Gasteiger partial charge >= 0.3 is 0 Å². The molecule has 0 bridgehead atoms. The van der Waals surface area contributed by atoms with Crippen LogP contribution in [0, 0.1) is 17.2 Å². The number of ether oxygens (including phenoxy) is 2. The van der Waals surface area contributed by atoms with Crippen molar-refractivity contribution in [1.29, 1.82) is 5.26 Å². The lowest BCUT2D eigenvalue weighted by Crippen LogP contribution is -2.35. The van der Waals surface area contributed by atoms with Crippen molar-refractivity contribution < 1.29 is 9.47 Å². The monoisotopic (exact) mass is 504 g/mol. The molecule has 3 aromatic rings. The molecule has 7 heteroatoms. The Hall–Kier alpha value is -2.72. The second kappa shape index (κ2) is 10.3. The van der Waals surface area contributed by atoms with E-state index in [4.69, 9.17) is 21.1 Å². The second-order valence-electron chi connectivity index (χ2n) is 10.3. The molecule has 0 unspecified atom stereocenters. The molecule has 0 amide bonds. The van der Waals surface area contributed by atoms with E-state index in [0.717, 1.165) is 75.2 Å². The van der Waals surface area contributed by atoms with E-state index in [2.05, 4.69) is 51.2 Å². The number of nitrogens with one attached hydrogen (secondary N) is 1. The molecule has 0 saturated carbocycles. The van der Waals surface area contributed by atoms with E-state index in [9.17, 15) is 5.26 Å². The summed E-state index contributed by atoms with van der Waals surface area (Å²) in [7, 11) is 0. The van der Waals surface area contributed by atoms with Gasteiger partial charge in [0.25, 0.3) is 0 Å². The first-order valence-corrected chi connectivity index (χ1v) is 13.6. The zero-order valence-corrected chi connectivity index (χ0v) is 21.3. The summed E-state index contributed by atoms with van der Waals surface area (Å²) in [5.41, 5.74) is 5.49. The molecule has 3 aliphatic rings. The summed E-state index contributed by atoms with van der Waals surface area (Å²) >= 11 is 6.40. The van der Waals surface area contributed by atoms with Crippen molar-refractivity contribution in [3.05, 3.63) is 58.7 Å².